The Morgan fingerprint density at radius 3 is 2.29 bits per heavy atom. The largest absolute Gasteiger partial charge is 0.385 e. The highest BCUT2D eigenvalue weighted by Crippen LogP contribution is 2.43. The van der Waals surface area contributed by atoms with Crippen LogP contribution in [-0.4, -0.2) is 17.3 Å². The van der Waals surface area contributed by atoms with E-state index in [-0.39, 0.29) is 12.2 Å². The lowest BCUT2D eigenvalue weighted by Gasteiger charge is -2.37. The summed E-state index contributed by atoms with van der Waals surface area (Å²) < 4.78 is 5.80. The summed E-state index contributed by atoms with van der Waals surface area (Å²) in [6.45, 7) is 2.15. The standard InChI is InChI=1S/C15H20O2/c1-2-11-3-5-12(6-4-11)15(16)9-13-7-8-14(10-15)17-13/h3-6,13-14,16H,2,7-10H2,1H3. The fourth-order valence-corrected chi connectivity index (χ4v) is 3.20. The second kappa shape index (κ2) is 4.11. The Labute approximate surface area is 103 Å². The number of hydrogen-bond donors (Lipinski definition) is 1. The van der Waals surface area contributed by atoms with Gasteiger partial charge in [0.05, 0.1) is 17.8 Å². The van der Waals surface area contributed by atoms with Gasteiger partial charge in [-0.3, -0.25) is 0 Å². The second-order valence-electron chi connectivity index (χ2n) is 5.45. The van der Waals surface area contributed by atoms with Gasteiger partial charge < -0.3 is 9.84 Å². The van der Waals surface area contributed by atoms with E-state index in [2.05, 4.69) is 31.2 Å². The van der Waals surface area contributed by atoms with E-state index in [1.807, 2.05) is 0 Å². The molecule has 2 heterocycles. The van der Waals surface area contributed by atoms with Gasteiger partial charge in [-0.15, -0.1) is 0 Å². The molecule has 0 amide bonds. The molecule has 1 aromatic rings. The number of aryl methyl sites for hydroxylation is 1. The van der Waals surface area contributed by atoms with Crippen LogP contribution in [0.15, 0.2) is 24.3 Å². The van der Waals surface area contributed by atoms with Crippen molar-refractivity contribution in [2.24, 2.45) is 0 Å². The van der Waals surface area contributed by atoms with Crippen LogP contribution in [0.3, 0.4) is 0 Å². The molecular weight excluding hydrogens is 212 g/mol. The number of fused-ring (bicyclic) bond motifs is 2. The van der Waals surface area contributed by atoms with E-state index in [1.54, 1.807) is 0 Å². The van der Waals surface area contributed by atoms with Gasteiger partial charge in [0.15, 0.2) is 0 Å². The summed E-state index contributed by atoms with van der Waals surface area (Å²) >= 11 is 0. The maximum absolute atomic E-state index is 10.8. The van der Waals surface area contributed by atoms with Crippen LogP contribution in [-0.2, 0) is 16.8 Å². The Hall–Kier alpha value is -0.860. The summed E-state index contributed by atoms with van der Waals surface area (Å²) in [6, 6.07) is 8.43. The molecule has 0 saturated carbocycles. The molecule has 1 N–H and O–H groups in total. The minimum atomic E-state index is -0.656. The lowest BCUT2D eigenvalue weighted by molar-refractivity contribution is -0.115. The van der Waals surface area contributed by atoms with Gasteiger partial charge in [0.2, 0.25) is 0 Å². The van der Waals surface area contributed by atoms with Crippen LogP contribution in [0.4, 0.5) is 0 Å². The van der Waals surface area contributed by atoms with Gasteiger partial charge >= 0.3 is 0 Å². The topological polar surface area (TPSA) is 29.5 Å². The smallest absolute Gasteiger partial charge is 0.0945 e. The number of hydrogen-bond acceptors (Lipinski definition) is 2. The van der Waals surface area contributed by atoms with Crippen molar-refractivity contribution in [3.63, 3.8) is 0 Å². The number of benzene rings is 1. The van der Waals surface area contributed by atoms with Crippen LogP contribution in [0.5, 0.6) is 0 Å². The number of aliphatic hydroxyl groups is 1. The van der Waals surface area contributed by atoms with Gasteiger partial charge in [-0.25, -0.2) is 0 Å². The van der Waals surface area contributed by atoms with E-state index >= 15 is 0 Å². The summed E-state index contributed by atoms with van der Waals surface area (Å²) in [5.41, 5.74) is 1.73. The SMILES string of the molecule is CCc1ccc(C2(O)CC3CCC(C2)O3)cc1. The van der Waals surface area contributed by atoms with E-state index in [4.69, 9.17) is 4.74 Å². The molecule has 2 fully saturated rings. The first kappa shape index (κ1) is 11.2. The predicted molar refractivity (Wildman–Crippen MR) is 66.8 cm³/mol. The molecule has 17 heavy (non-hydrogen) atoms. The minimum absolute atomic E-state index is 0.268. The van der Waals surface area contributed by atoms with Crippen molar-refractivity contribution >= 4 is 0 Å². The van der Waals surface area contributed by atoms with Crippen molar-refractivity contribution < 1.29 is 9.84 Å². The maximum Gasteiger partial charge on any atom is 0.0945 e. The van der Waals surface area contributed by atoms with E-state index in [1.165, 1.54) is 5.56 Å². The van der Waals surface area contributed by atoms with Crippen molar-refractivity contribution in [2.45, 2.75) is 56.8 Å². The van der Waals surface area contributed by atoms with Crippen LogP contribution in [0, 0.1) is 0 Å². The van der Waals surface area contributed by atoms with E-state index in [0.717, 1.165) is 37.7 Å². The zero-order chi connectivity index (χ0) is 11.9. The third-order valence-electron chi connectivity index (χ3n) is 4.23. The van der Waals surface area contributed by atoms with Crippen LogP contribution < -0.4 is 0 Å². The van der Waals surface area contributed by atoms with E-state index in [9.17, 15) is 5.11 Å². The van der Waals surface area contributed by atoms with Gasteiger partial charge in [0.1, 0.15) is 0 Å². The van der Waals surface area contributed by atoms with Gasteiger partial charge in [-0.2, -0.15) is 0 Å². The molecule has 2 nitrogen and oxygen atoms in total. The molecule has 2 atom stereocenters. The van der Waals surface area contributed by atoms with Crippen molar-refractivity contribution in [1.29, 1.82) is 0 Å². The van der Waals surface area contributed by atoms with Gasteiger partial charge in [0, 0.05) is 12.8 Å². The lowest BCUT2D eigenvalue weighted by Crippen LogP contribution is -2.38. The monoisotopic (exact) mass is 232 g/mol. The van der Waals surface area contributed by atoms with Gasteiger partial charge in [-0.05, 0) is 30.4 Å². The maximum atomic E-state index is 10.8. The molecule has 3 rings (SSSR count). The number of ether oxygens (including phenoxy) is 1. The first-order chi connectivity index (χ1) is 8.19. The first-order valence-electron chi connectivity index (χ1n) is 6.67. The first-order valence-corrected chi connectivity index (χ1v) is 6.67. The van der Waals surface area contributed by atoms with Gasteiger partial charge in [0.25, 0.3) is 0 Å². The number of rotatable bonds is 2. The highest BCUT2D eigenvalue weighted by atomic mass is 16.5. The molecule has 2 unspecified atom stereocenters. The van der Waals surface area contributed by atoms with Crippen molar-refractivity contribution in [2.75, 3.05) is 0 Å². The molecule has 0 radical (unpaired) electrons. The molecule has 92 valence electrons. The zero-order valence-corrected chi connectivity index (χ0v) is 10.4. The van der Waals surface area contributed by atoms with E-state index < -0.39 is 5.60 Å². The second-order valence-corrected chi connectivity index (χ2v) is 5.45. The highest BCUT2D eigenvalue weighted by molar-refractivity contribution is 5.28. The summed E-state index contributed by atoms with van der Waals surface area (Å²) in [5, 5.41) is 10.8. The summed E-state index contributed by atoms with van der Waals surface area (Å²) in [6.07, 6.45) is 5.33. The molecule has 1 aromatic carbocycles. The molecule has 2 heteroatoms. The zero-order valence-electron chi connectivity index (χ0n) is 10.4. The lowest BCUT2D eigenvalue weighted by atomic mass is 9.83. The van der Waals surface area contributed by atoms with Crippen LogP contribution >= 0.6 is 0 Å². The molecule has 2 aliphatic heterocycles. The van der Waals surface area contributed by atoms with E-state index in [0.29, 0.717) is 0 Å². The quantitative estimate of drug-likeness (QED) is 0.849. The molecule has 2 aliphatic rings. The molecule has 0 aromatic heterocycles. The molecule has 2 bridgehead atoms. The van der Waals surface area contributed by atoms with Crippen molar-refractivity contribution in [3.05, 3.63) is 35.4 Å². The van der Waals surface area contributed by atoms with Crippen LogP contribution in [0.2, 0.25) is 0 Å². The minimum Gasteiger partial charge on any atom is -0.385 e. The molecule has 0 spiro atoms. The Balaban J connectivity index is 1.86. The average molecular weight is 232 g/mol. The Bertz CT molecular complexity index is 384. The summed E-state index contributed by atoms with van der Waals surface area (Å²) in [5.74, 6) is 0. The molecular formula is C15H20O2. The van der Waals surface area contributed by atoms with Crippen LogP contribution in [0.25, 0.3) is 0 Å². The average Bonchev–Trinajstić information content (AvgIpc) is 2.69. The Kier molecular flexibility index (Phi) is 2.72. The third-order valence-corrected chi connectivity index (χ3v) is 4.23. The third kappa shape index (κ3) is 2.00. The van der Waals surface area contributed by atoms with Crippen molar-refractivity contribution in [3.8, 4) is 0 Å². The van der Waals surface area contributed by atoms with Crippen LogP contribution in [0.1, 0.15) is 43.7 Å². The highest BCUT2D eigenvalue weighted by Gasteiger charge is 2.44. The fourth-order valence-electron chi connectivity index (χ4n) is 3.20. The molecule has 0 aliphatic carbocycles. The Morgan fingerprint density at radius 2 is 1.76 bits per heavy atom. The Morgan fingerprint density at radius 1 is 1.18 bits per heavy atom. The summed E-state index contributed by atoms with van der Waals surface area (Å²) in [7, 11) is 0. The summed E-state index contributed by atoms with van der Waals surface area (Å²) in [4.78, 5) is 0. The van der Waals surface area contributed by atoms with Crippen molar-refractivity contribution in [1.82, 2.24) is 0 Å². The fraction of sp³-hybridized carbons (Fsp3) is 0.600. The van der Waals surface area contributed by atoms with Gasteiger partial charge in [-0.1, -0.05) is 31.2 Å². The predicted octanol–water partition coefficient (Wildman–Crippen LogP) is 2.78. The molecule has 2 saturated heterocycles. The normalized spacial score (nSPS) is 36.1.